The molecule has 1 heterocycles. The molecule has 18 heavy (non-hydrogen) atoms. The minimum Gasteiger partial charge on any atom is -0.370 e. The standard InChI is InChI=1S/C14H21N3S/c15-14(16-7-6-11-5-2-8-18-11)17-13-9-12(13)10-3-1-4-10/h2,5,8,10,12-13H,1,3-4,6-7,9H2,(H3,15,16,17)/t12-,13+/m0/s1. The van der Waals surface area contributed by atoms with E-state index in [2.05, 4.69) is 27.8 Å². The average Bonchev–Trinajstić information content (AvgIpc) is 2.81. The lowest BCUT2D eigenvalue weighted by Crippen LogP contribution is -2.35. The first kappa shape index (κ1) is 12.0. The number of nitrogens with zero attached hydrogens (tertiary/aromatic N) is 1. The molecule has 0 amide bonds. The van der Waals surface area contributed by atoms with Gasteiger partial charge in [0.25, 0.3) is 0 Å². The van der Waals surface area contributed by atoms with Gasteiger partial charge in [0.05, 0.1) is 0 Å². The van der Waals surface area contributed by atoms with E-state index >= 15 is 0 Å². The molecule has 3 nitrogen and oxygen atoms in total. The Balaban J connectivity index is 1.37. The molecular formula is C14H21N3S. The van der Waals surface area contributed by atoms with Gasteiger partial charge < -0.3 is 11.1 Å². The van der Waals surface area contributed by atoms with Crippen LogP contribution in [0.1, 0.15) is 30.6 Å². The van der Waals surface area contributed by atoms with Crippen molar-refractivity contribution in [3.05, 3.63) is 22.4 Å². The van der Waals surface area contributed by atoms with Crippen LogP contribution in [0.25, 0.3) is 0 Å². The zero-order valence-electron chi connectivity index (χ0n) is 10.6. The fourth-order valence-corrected chi connectivity index (χ4v) is 3.44. The zero-order valence-corrected chi connectivity index (χ0v) is 11.5. The molecule has 2 fully saturated rings. The minimum atomic E-state index is 0.612. The first-order chi connectivity index (χ1) is 8.83. The van der Waals surface area contributed by atoms with Crippen LogP contribution in [-0.2, 0) is 6.42 Å². The number of nitrogens with one attached hydrogen (secondary N) is 1. The van der Waals surface area contributed by atoms with Crippen molar-refractivity contribution >= 4 is 17.3 Å². The molecule has 4 heteroatoms. The minimum absolute atomic E-state index is 0.612. The van der Waals surface area contributed by atoms with E-state index in [0.717, 1.165) is 24.8 Å². The first-order valence-electron chi connectivity index (χ1n) is 6.92. The highest BCUT2D eigenvalue weighted by Crippen LogP contribution is 2.46. The largest absolute Gasteiger partial charge is 0.370 e. The van der Waals surface area contributed by atoms with Crippen molar-refractivity contribution in [3.8, 4) is 0 Å². The molecule has 0 aliphatic heterocycles. The van der Waals surface area contributed by atoms with Crippen molar-refractivity contribution in [2.75, 3.05) is 6.54 Å². The molecular weight excluding hydrogens is 242 g/mol. The summed E-state index contributed by atoms with van der Waals surface area (Å²) in [6.45, 7) is 0.792. The van der Waals surface area contributed by atoms with Crippen LogP contribution in [-0.4, -0.2) is 18.5 Å². The van der Waals surface area contributed by atoms with Crippen LogP contribution in [0.5, 0.6) is 0 Å². The lowest BCUT2D eigenvalue weighted by atomic mass is 9.81. The molecule has 2 saturated carbocycles. The molecule has 98 valence electrons. The van der Waals surface area contributed by atoms with Crippen LogP contribution in [0.3, 0.4) is 0 Å². The van der Waals surface area contributed by atoms with Crippen LogP contribution >= 0.6 is 11.3 Å². The van der Waals surface area contributed by atoms with Crippen molar-refractivity contribution in [2.45, 2.75) is 38.1 Å². The lowest BCUT2D eigenvalue weighted by Gasteiger charge is -2.25. The van der Waals surface area contributed by atoms with Gasteiger partial charge in [-0.3, -0.25) is 4.99 Å². The van der Waals surface area contributed by atoms with E-state index in [-0.39, 0.29) is 0 Å². The predicted octanol–water partition coefficient (Wildman–Crippen LogP) is 2.38. The van der Waals surface area contributed by atoms with Crippen molar-refractivity contribution in [3.63, 3.8) is 0 Å². The van der Waals surface area contributed by atoms with Gasteiger partial charge in [-0.2, -0.15) is 0 Å². The van der Waals surface area contributed by atoms with Gasteiger partial charge in [-0.15, -0.1) is 11.3 Å². The fourth-order valence-electron chi connectivity index (χ4n) is 2.75. The maximum Gasteiger partial charge on any atom is 0.188 e. The summed E-state index contributed by atoms with van der Waals surface area (Å²) in [5.41, 5.74) is 5.92. The third-order valence-corrected chi connectivity index (χ3v) is 5.09. The number of hydrogen-bond donors (Lipinski definition) is 2. The van der Waals surface area contributed by atoms with Gasteiger partial charge in [-0.1, -0.05) is 25.3 Å². The third-order valence-electron chi connectivity index (χ3n) is 4.15. The van der Waals surface area contributed by atoms with E-state index < -0.39 is 0 Å². The summed E-state index contributed by atoms with van der Waals surface area (Å²) in [6.07, 6.45) is 6.58. The zero-order chi connectivity index (χ0) is 12.4. The van der Waals surface area contributed by atoms with Gasteiger partial charge in [0.1, 0.15) is 0 Å². The molecule has 1 aromatic heterocycles. The van der Waals surface area contributed by atoms with Gasteiger partial charge in [-0.05, 0) is 29.7 Å². The number of aliphatic imine (C=N–C) groups is 1. The van der Waals surface area contributed by atoms with Crippen LogP contribution in [0.4, 0.5) is 0 Å². The van der Waals surface area contributed by atoms with E-state index in [0.29, 0.717) is 12.0 Å². The number of hydrogen-bond acceptors (Lipinski definition) is 2. The molecule has 0 unspecified atom stereocenters. The van der Waals surface area contributed by atoms with Gasteiger partial charge in [0.2, 0.25) is 0 Å². The maximum atomic E-state index is 5.92. The number of nitrogens with two attached hydrogens (primary N) is 1. The highest BCUT2D eigenvalue weighted by Gasteiger charge is 2.45. The van der Waals surface area contributed by atoms with Crippen LogP contribution in [0.2, 0.25) is 0 Å². The van der Waals surface area contributed by atoms with Crippen molar-refractivity contribution in [1.82, 2.24) is 5.32 Å². The van der Waals surface area contributed by atoms with Crippen LogP contribution in [0.15, 0.2) is 22.5 Å². The Morgan fingerprint density at radius 3 is 3.06 bits per heavy atom. The molecule has 0 bridgehead atoms. The molecule has 1 aromatic rings. The third kappa shape index (κ3) is 2.86. The Hall–Kier alpha value is -1.03. The smallest absolute Gasteiger partial charge is 0.188 e. The summed E-state index contributed by atoms with van der Waals surface area (Å²) in [5, 5.41) is 5.47. The number of rotatable bonds is 5. The van der Waals surface area contributed by atoms with E-state index in [1.165, 1.54) is 30.6 Å². The SMILES string of the molecule is NC(=NCCc1cccs1)N[C@@H]1C[C@H]1C1CCC1. The molecule has 0 saturated heterocycles. The quantitative estimate of drug-likeness (QED) is 0.633. The predicted molar refractivity (Wildman–Crippen MR) is 76.9 cm³/mol. The van der Waals surface area contributed by atoms with Gasteiger partial charge in [0, 0.05) is 23.9 Å². The molecule has 2 aliphatic rings. The average molecular weight is 263 g/mol. The van der Waals surface area contributed by atoms with Gasteiger partial charge >= 0.3 is 0 Å². The summed E-state index contributed by atoms with van der Waals surface area (Å²) in [4.78, 5) is 5.79. The van der Waals surface area contributed by atoms with Gasteiger partial charge in [0.15, 0.2) is 5.96 Å². The maximum absolute atomic E-state index is 5.92. The number of guanidine groups is 1. The summed E-state index contributed by atoms with van der Waals surface area (Å²) >= 11 is 1.79. The first-order valence-corrected chi connectivity index (χ1v) is 7.80. The van der Waals surface area contributed by atoms with Crippen molar-refractivity contribution in [2.24, 2.45) is 22.6 Å². The van der Waals surface area contributed by atoms with Crippen LogP contribution in [0, 0.1) is 11.8 Å². The molecule has 0 aromatic carbocycles. The Kier molecular flexibility index (Phi) is 3.55. The second-order valence-electron chi connectivity index (χ2n) is 5.44. The monoisotopic (exact) mass is 263 g/mol. The molecule has 3 N–H and O–H groups in total. The molecule has 3 rings (SSSR count). The van der Waals surface area contributed by atoms with Gasteiger partial charge in [-0.25, -0.2) is 0 Å². The molecule has 2 atom stereocenters. The number of thiophene rings is 1. The summed E-state index contributed by atoms with van der Waals surface area (Å²) in [6, 6.07) is 4.84. The second kappa shape index (κ2) is 5.31. The fraction of sp³-hybridized carbons (Fsp3) is 0.643. The van der Waals surface area contributed by atoms with Crippen LogP contribution < -0.4 is 11.1 Å². The highest BCUT2D eigenvalue weighted by molar-refractivity contribution is 7.09. The topological polar surface area (TPSA) is 50.4 Å². The lowest BCUT2D eigenvalue weighted by molar-refractivity contribution is 0.271. The van der Waals surface area contributed by atoms with E-state index in [9.17, 15) is 0 Å². The Morgan fingerprint density at radius 2 is 2.39 bits per heavy atom. The van der Waals surface area contributed by atoms with E-state index in [1.807, 2.05) is 0 Å². The summed E-state index contributed by atoms with van der Waals surface area (Å²) in [7, 11) is 0. The summed E-state index contributed by atoms with van der Waals surface area (Å²) < 4.78 is 0. The molecule has 0 spiro atoms. The van der Waals surface area contributed by atoms with Crippen molar-refractivity contribution < 1.29 is 0 Å². The second-order valence-corrected chi connectivity index (χ2v) is 6.47. The van der Waals surface area contributed by atoms with E-state index in [4.69, 9.17) is 5.73 Å². The summed E-state index contributed by atoms with van der Waals surface area (Å²) in [5.74, 6) is 2.49. The molecule has 0 radical (unpaired) electrons. The molecule has 2 aliphatic carbocycles. The Morgan fingerprint density at radius 1 is 1.50 bits per heavy atom. The highest BCUT2D eigenvalue weighted by atomic mass is 32.1. The Labute approximate surface area is 112 Å². The van der Waals surface area contributed by atoms with E-state index in [1.54, 1.807) is 11.3 Å². The normalized spacial score (nSPS) is 27.9. The van der Waals surface area contributed by atoms with Crippen molar-refractivity contribution in [1.29, 1.82) is 0 Å². The Bertz CT molecular complexity index is 409.